The summed E-state index contributed by atoms with van der Waals surface area (Å²) in [4.78, 5) is 14.5. The number of nitrogens with zero attached hydrogens (tertiary/aromatic N) is 1. The van der Waals surface area contributed by atoms with Crippen molar-refractivity contribution in [2.24, 2.45) is 0 Å². The van der Waals surface area contributed by atoms with Gasteiger partial charge in [0.15, 0.2) is 0 Å². The fourth-order valence-corrected chi connectivity index (χ4v) is 3.20. The largest absolute Gasteiger partial charge is 0.399 e. The number of hydrogen-bond acceptors (Lipinski definition) is 3. The van der Waals surface area contributed by atoms with Crippen LogP contribution in [0.4, 0.5) is 11.4 Å². The Morgan fingerprint density at radius 1 is 1.43 bits per heavy atom. The van der Waals surface area contributed by atoms with Crippen molar-refractivity contribution in [2.75, 3.05) is 24.1 Å². The first-order valence-corrected chi connectivity index (χ1v) is 8.07. The van der Waals surface area contributed by atoms with E-state index < -0.39 is 0 Å². The van der Waals surface area contributed by atoms with E-state index in [1.807, 2.05) is 0 Å². The highest BCUT2D eigenvalue weighted by atomic mass is 35.5. The fraction of sp³-hybridized carbons (Fsp3) is 0.562. The molecule has 3 N–H and O–H groups in total. The molecule has 116 valence electrons. The standard InChI is InChI=1S/C16H24ClN3O/c1-2-20(13-5-3-4-6-13)10-9-16(21)19-15-8-7-12(18)11-14(15)17/h7-8,11,13H,2-6,9-10,18H2,1H3,(H,19,21). The summed E-state index contributed by atoms with van der Waals surface area (Å²) in [7, 11) is 0. The summed E-state index contributed by atoms with van der Waals surface area (Å²) in [5.74, 6) is -0.00174. The maximum absolute atomic E-state index is 12.1. The first-order valence-electron chi connectivity index (χ1n) is 7.69. The van der Waals surface area contributed by atoms with Crippen molar-refractivity contribution in [2.45, 2.75) is 45.1 Å². The third-order valence-corrected chi connectivity index (χ3v) is 4.45. The minimum Gasteiger partial charge on any atom is -0.399 e. The number of hydrogen-bond donors (Lipinski definition) is 2. The minimum absolute atomic E-state index is 0.00174. The molecule has 5 heteroatoms. The second kappa shape index (κ2) is 7.66. The van der Waals surface area contributed by atoms with Crippen LogP contribution in [-0.4, -0.2) is 29.9 Å². The maximum atomic E-state index is 12.1. The highest BCUT2D eigenvalue weighted by molar-refractivity contribution is 6.34. The molecule has 1 amide bonds. The molecule has 0 radical (unpaired) electrons. The lowest BCUT2D eigenvalue weighted by Crippen LogP contribution is -2.35. The van der Waals surface area contributed by atoms with E-state index in [4.69, 9.17) is 17.3 Å². The SMILES string of the molecule is CCN(CCC(=O)Nc1ccc(N)cc1Cl)C1CCCC1. The van der Waals surface area contributed by atoms with Gasteiger partial charge in [-0.3, -0.25) is 4.79 Å². The Labute approximate surface area is 131 Å². The number of amides is 1. The van der Waals surface area contributed by atoms with Crippen molar-refractivity contribution in [3.63, 3.8) is 0 Å². The van der Waals surface area contributed by atoms with Gasteiger partial charge in [0.1, 0.15) is 0 Å². The van der Waals surface area contributed by atoms with Crippen LogP contribution in [0.2, 0.25) is 5.02 Å². The van der Waals surface area contributed by atoms with Crippen LogP contribution >= 0.6 is 11.6 Å². The van der Waals surface area contributed by atoms with Crippen LogP contribution in [0.3, 0.4) is 0 Å². The molecule has 0 spiro atoms. The van der Waals surface area contributed by atoms with E-state index in [-0.39, 0.29) is 5.91 Å². The van der Waals surface area contributed by atoms with Crippen molar-refractivity contribution in [1.29, 1.82) is 0 Å². The molecule has 0 atom stereocenters. The van der Waals surface area contributed by atoms with E-state index in [2.05, 4.69) is 17.1 Å². The van der Waals surface area contributed by atoms with Gasteiger partial charge in [-0.1, -0.05) is 31.4 Å². The van der Waals surface area contributed by atoms with Gasteiger partial charge < -0.3 is 16.0 Å². The number of rotatable bonds is 6. The zero-order valence-corrected chi connectivity index (χ0v) is 13.3. The molecule has 0 heterocycles. The Balaban J connectivity index is 1.83. The van der Waals surface area contributed by atoms with Gasteiger partial charge in [0.05, 0.1) is 10.7 Å². The van der Waals surface area contributed by atoms with Crippen LogP contribution in [0.1, 0.15) is 39.0 Å². The van der Waals surface area contributed by atoms with Gasteiger partial charge in [-0.15, -0.1) is 0 Å². The lowest BCUT2D eigenvalue weighted by molar-refractivity contribution is -0.116. The molecule has 1 fully saturated rings. The van der Waals surface area contributed by atoms with Crippen LogP contribution in [-0.2, 0) is 4.79 Å². The Bertz CT molecular complexity index is 486. The quantitative estimate of drug-likeness (QED) is 0.791. The molecule has 4 nitrogen and oxygen atoms in total. The summed E-state index contributed by atoms with van der Waals surface area (Å²) in [5, 5.41) is 3.33. The molecule has 1 aliphatic rings. The molecule has 1 aliphatic carbocycles. The Morgan fingerprint density at radius 3 is 2.76 bits per heavy atom. The van der Waals surface area contributed by atoms with Crippen molar-refractivity contribution in [3.05, 3.63) is 23.2 Å². The van der Waals surface area contributed by atoms with Gasteiger partial charge in [0, 0.05) is 24.7 Å². The number of benzene rings is 1. The molecule has 0 bridgehead atoms. The average Bonchev–Trinajstić information content (AvgIpc) is 2.97. The lowest BCUT2D eigenvalue weighted by Gasteiger charge is -2.27. The van der Waals surface area contributed by atoms with E-state index in [0.29, 0.717) is 28.9 Å². The van der Waals surface area contributed by atoms with Gasteiger partial charge in [0.2, 0.25) is 5.91 Å². The maximum Gasteiger partial charge on any atom is 0.225 e. The zero-order chi connectivity index (χ0) is 15.2. The van der Waals surface area contributed by atoms with Crippen molar-refractivity contribution in [3.8, 4) is 0 Å². The highest BCUT2D eigenvalue weighted by Gasteiger charge is 2.21. The fourth-order valence-electron chi connectivity index (χ4n) is 2.96. The first kappa shape index (κ1) is 16.1. The monoisotopic (exact) mass is 309 g/mol. The third kappa shape index (κ3) is 4.61. The number of carbonyl (C=O) groups is 1. The van der Waals surface area contributed by atoms with Crippen molar-refractivity contribution >= 4 is 28.9 Å². The van der Waals surface area contributed by atoms with Crippen LogP contribution in [0.5, 0.6) is 0 Å². The summed E-state index contributed by atoms with van der Waals surface area (Å²) in [5.41, 5.74) is 6.86. The van der Waals surface area contributed by atoms with E-state index in [9.17, 15) is 4.79 Å². The van der Waals surface area contributed by atoms with Crippen molar-refractivity contribution in [1.82, 2.24) is 4.90 Å². The molecule has 2 rings (SSSR count). The number of carbonyl (C=O) groups excluding carboxylic acids is 1. The molecule has 0 saturated heterocycles. The smallest absolute Gasteiger partial charge is 0.225 e. The predicted molar refractivity (Wildman–Crippen MR) is 88.6 cm³/mol. The van der Waals surface area contributed by atoms with Gasteiger partial charge in [-0.25, -0.2) is 0 Å². The molecule has 1 aromatic rings. The van der Waals surface area contributed by atoms with Crippen LogP contribution in [0.25, 0.3) is 0 Å². The van der Waals surface area contributed by atoms with Crippen molar-refractivity contribution < 1.29 is 4.79 Å². The summed E-state index contributed by atoms with van der Waals surface area (Å²) in [6, 6.07) is 5.78. The lowest BCUT2D eigenvalue weighted by atomic mass is 10.2. The first-order chi connectivity index (χ1) is 10.1. The minimum atomic E-state index is -0.00174. The molecular formula is C16H24ClN3O. The second-order valence-electron chi connectivity index (χ2n) is 5.60. The summed E-state index contributed by atoms with van der Waals surface area (Å²) < 4.78 is 0. The van der Waals surface area contributed by atoms with Gasteiger partial charge >= 0.3 is 0 Å². The van der Waals surface area contributed by atoms with Crippen LogP contribution < -0.4 is 11.1 Å². The third-order valence-electron chi connectivity index (χ3n) is 4.14. The van der Waals surface area contributed by atoms with E-state index in [1.165, 1.54) is 25.7 Å². The predicted octanol–water partition coefficient (Wildman–Crippen LogP) is 3.52. The summed E-state index contributed by atoms with van der Waals surface area (Å²) >= 11 is 6.06. The Hall–Kier alpha value is -1.26. The van der Waals surface area contributed by atoms with Gasteiger partial charge in [0.25, 0.3) is 0 Å². The molecular weight excluding hydrogens is 286 g/mol. The molecule has 0 aromatic heterocycles. The number of nitrogen functional groups attached to an aromatic ring is 1. The number of nitrogens with one attached hydrogen (secondary N) is 1. The second-order valence-corrected chi connectivity index (χ2v) is 6.01. The molecule has 0 aliphatic heterocycles. The van der Waals surface area contributed by atoms with E-state index in [1.54, 1.807) is 18.2 Å². The normalized spacial score (nSPS) is 15.6. The molecule has 21 heavy (non-hydrogen) atoms. The number of anilines is 2. The summed E-state index contributed by atoms with van der Waals surface area (Å²) in [6.45, 7) is 3.97. The molecule has 1 aromatic carbocycles. The van der Waals surface area contributed by atoms with Crippen LogP contribution in [0, 0.1) is 0 Å². The molecule has 1 saturated carbocycles. The van der Waals surface area contributed by atoms with Crippen LogP contribution in [0.15, 0.2) is 18.2 Å². The average molecular weight is 310 g/mol. The van der Waals surface area contributed by atoms with Gasteiger partial charge in [-0.2, -0.15) is 0 Å². The topological polar surface area (TPSA) is 58.4 Å². The molecule has 0 unspecified atom stereocenters. The number of halogens is 1. The summed E-state index contributed by atoms with van der Waals surface area (Å²) in [6.07, 6.45) is 5.65. The Kier molecular flexibility index (Phi) is 5.88. The number of nitrogens with two attached hydrogens (primary N) is 1. The van der Waals surface area contributed by atoms with E-state index in [0.717, 1.165) is 13.1 Å². The zero-order valence-electron chi connectivity index (χ0n) is 12.6. The van der Waals surface area contributed by atoms with E-state index >= 15 is 0 Å². The highest BCUT2D eigenvalue weighted by Crippen LogP contribution is 2.25. The van der Waals surface area contributed by atoms with Gasteiger partial charge in [-0.05, 0) is 37.6 Å². The Morgan fingerprint density at radius 2 is 2.14 bits per heavy atom.